The van der Waals surface area contributed by atoms with Gasteiger partial charge in [-0.2, -0.15) is 0 Å². The molecule has 3 rings (SSSR count). The molecule has 6 nitrogen and oxygen atoms in total. The summed E-state index contributed by atoms with van der Waals surface area (Å²) >= 11 is 0. The number of likely N-dealkylation sites (N-methyl/N-ethyl adjacent to an activating group) is 1. The van der Waals surface area contributed by atoms with Crippen LogP contribution < -0.4 is 4.31 Å². The number of carbonyl (C=O) groups excluding carboxylic acids is 1. The fourth-order valence-electron chi connectivity index (χ4n) is 3.49. The molecule has 0 unspecified atom stereocenters. The number of hydrogen-bond donors (Lipinski definition) is 0. The summed E-state index contributed by atoms with van der Waals surface area (Å²) in [7, 11) is -3.27. The van der Waals surface area contributed by atoms with Crippen LogP contribution >= 0.6 is 0 Å². The van der Waals surface area contributed by atoms with Gasteiger partial charge in [-0.3, -0.25) is 9.10 Å². The Bertz CT molecular complexity index is 725. The molecule has 1 amide bonds. The van der Waals surface area contributed by atoms with Gasteiger partial charge in [-0.25, -0.2) is 8.42 Å². The number of rotatable bonds is 3. The number of aryl methyl sites for hydroxylation is 1. The molecule has 0 aliphatic carbocycles. The molecular formula is C17H25N3O3S. The number of anilines is 1. The third kappa shape index (κ3) is 3.42. The lowest BCUT2D eigenvalue weighted by Crippen LogP contribution is -2.48. The highest BCUT2D eigenvalue weighted by Crippen LogP contribution is 2.30. The van der Waals surface area contributed by atoms with Crippen LogP contribution in [0.4, 0.5) is 5.69 Å². The van der Waals surface area contributed by atoms with Gasteiger partial charge < -0.3 is 9.80 Å². The van der Waals surface area contributed by atoms with Gasteiger partial charge in [0.1, 0.15) is 0 Å². The Kier molecular flexibility index (Phi) is 4.83. The van der Waals surface area contributed by atoms with Crippen LogP contribution in [0, 0.1) is 0 Å². The average molecular weight is 351 g/mol. The number of fused-ring (bicyclic) bond motifs is 1. The number of sulfonamides is 1. The van der Waals surface area contributed by atoms with Gasteiger partial charge in [-0.1, -0.05) is 6.92 Å². The van der Waals surface area contributed by atoms with E-state index in [4.69, 9.17) is 0 Å². The number of piperazine rings is 1. The van der Waals surface area contributed by atoms with Crippen LogP contribution in [-0.4, -0.2) is 69.6 Å². The maximum absolute atomic E-state index is 12.7. The predicted octanol–water partition coefficient (Wildman–Crippen LogP) is 1.18. The molecule has 1 saturated heterocycles. The van der Waals surface area contributed by atoms with Crippen molar-refractivity contribution in [1.82, 2.24) is 9.80 Å². The monoisotopic (exact) mass is 351 g/mol. The van der Waals surface area contributed by atoms with E-state index in [-0.39, 0.29) is 5.91 Å². The second-order valence-electron chi connectivity index (χ2n) is 6.51. The van der Waals surface area contributed by atoms with Gasteiger partial charge in [0.2, 0.25) is 10.0 Å². The molecule has 0 atom stereocenters. The second kappa shape index (κ2) is 6.72. The lowest BCUT2D eigenvalue weighted by molar-refractivity contribution is 0.0643. The average Bonchev–Trinajstić information content (AvgIpc) is 2.59. The largest absolute Gasteiger partial charge is 0.336 e. The molecule has 2 heterocycles. The smallest absolute Gasteiger partial charge is 0.253 e. The lowest BCUT2D eigenvalue weighted by Gasteiger charge is -2.34. The van der Waals surface area contributed by atoms with E-state index in [0.717, 1.165) is 56.8 Å². The fourth-order valence-corrected chi connectivity index (χ4v) is 4.49. The van der Waals surface area contributed by atoms with Crippen molar-refractivity contribution in [1.29, 1.82) is 0 Å². The van der Waals surface area contributed by atoms with Crippen LogP contribution in [0.2, 0.25) is 0 Å². The molecule has 1 aromatic rings. The summed E-state index contributed by atoms with van der Waals surface area (Å²) in [5.74, 6) is 0.0463. The molecule has 132 valence electrons. The SMILES string of the molecule is CCN1CCN(C(=O)c2ccc3c(c2)CCCN3S(C)(=O)=O)CC1. The molecular weight excluding hydrogens is 326 g/mol. The third-order valence-electron chi connectivity index (χ3n) is 4.91. The van der Waals surface area contributed by atoms with Crippen LogP contribution in [0.15, 0.2) is 18.2 Å². The van der Waals surface area contributed by atoms with Gasteiger partial charge in [0.15, 0.2) is 0 Å². The van der Waals surface area contributed by atoms with E-state index >= 15 is 0 Å². The van der Waals surface area contributed by atoms with Crippen LogP contribution in [0.3, 0.4) is 0 Å². The van der Waals surface area contributed by atoms with E-state index in [0.29, 0.717) is 12.1 Å². The van der Waals surface area contributed by atoms with Crippen molar-refractivity contribution in [3.8, 4) is 0 Å². The van der Waals surface area contributed by atoms with Crippen LogP contribution in [0.25, 0.3) is 0 Å². The predicted molar refractivity (Wildman–Crippen MR) is 95.0 cm³/mol. The lowest BCUT2D eigenvalue weighted by atomic mass is 10.00. The molecule has 0 aromatic heterocycles. The van der Waals surface area contributed by atoms with Gasteiger partial charge in [0.25, 0.3) is 5.91 Å². The minimum atomic E-state index is -3.27. The second-order valence-corrected chi connectivity index (χ2v) is 8.42. The molecule has 1 fully saturated rings. The highest BCUT2D eigenvalue weighted by molar-refractivity contribution is 7.92. The zero-order valence-electron chi connectivity index (χ0n) is 14.4. The number of hydrogen-bond acceptors (Lipinski definition) is 4. The normalized spacial score (nSPS) is 19.2. The van der Waals surface area contributed by atoms with E-state index in [9.17, 15) is 13.2 Å². The maximum Gasteiger partial charge on any atom is 0.253 e. The van der Waals surface area contributed by atoms with Crippen molar-refractivity contribution in [3.05, 3.63) is 29.3 Å². The van der Waals surface area contributed by atoms with Gasteiger partial charge in [0.05, 0.1) is 11.9 Å². The van der Waals surface area contributed by atoms with Gasteiger partial charge in [-0.15, -0.1) is 0 Å². The quantitative estimate of drug-likeness (QED) is 0.820. The number of nitrogens with zero attached hydrogens (tertiary/aromatic N) is 3. The topological polar surface area (TPSA) is 60.9 Å². The first-order chi connectivity index (χ1) is 11.4. The Balaban J connectivity index is 1.80. The molecule has 0 saturated carbocycles. The zero-order chi connectivity index (χ0) is 17.3. The molecule has 0 spiro atoms. The Labute approximate surface area is 144 Å². The highest BCUT2D eigenvalue weighted by atomic mass is 32.2. The van der Waals surface area contributed by atoms with Crippen molar-refractivity contribution >= 4 is 21.6 Å². The van der Waals surface area contributed by atoms with E-state index in [1.807, 2.05) is 11.0 Å². The molecule has 1 aromatic carbocycles. The summed E-state index contributed by atoms with van der Waals surface area (Å²) in [6.07, 6.45) is 2.83. The first-order valence-electron chi connectivity index (χ1n) is 8.52. The summed E-state index contributed by atoms with van der Waals surface area (Å²) in [5.41, 5.74) is 2.33. The molecule has 0 N–H and O–H groups in total. The van der Waals surface area contributed by atoms with Gasteiger partial charge >= 0.3 is 0 Å². The summed E-state index contributed by atoms with van der Waals surface area (Å²) in [6.45, 7) is 6.98. The number of amides is 1. The van der Waals surface area contributed by atoms with Crippen molar-refractivity contribution in [2.45, 2.75) is 19.8 Å². The van der Waals surface area contributed by atoms with Crippen LogP contribution in [0.5, 0.6) is 0 Å². The van der Waals surface area contributed by atoms with E-state index in [1.165, 1.54) is 10.6 Å². The standard InChI is InChI=1S/C17H25N3O3S/c1-3-18-9-11-19(12-10-18)17(21)15-6-7-16-14(13-15)5-4-8-20(16)24(2,22)23/h6-7,13H,3-5,8-12H2,1-2H3. The summed E-state index contributed by atoms with van der Waals surface area (Å²) in [5, 5.41) is 0. The minimum absolute atomic E-state index is 0.0463. The number of carbonyl (C=O) groups is 1. The number of benzene rings is 1. The Morgan fingerprint density at radius 3 is 2.46 bits per heavy atom. The molecule has 2 aliphatic heterocycles. The summed E-state index contributed by atoms with van der Waals surface area (Å²) < 4.78 is 25.3. The van der Waals surface area contributed by atoms with Crippen molar-refractivity contribution in [2.24, 2.45) is 0 Å². The Morgan fingerprint density at radius 1 is 1.12 bits per heavy atom. The highest BCUT2D eigenvalue weighted by Gasteiger charge is 2.26. The molecule has 0 bridgehead atoms. The maximum atomic E-state index is 12.7. The summed E-state index contributed by atoms with van der Waals surface area (Å²) in [4.78, 5) is 17.0. The van der Waals surface area contributed by atoms with Crippen LogP contribution in [0.1, 0.15) is 29.3 Å². The van der Waals surface area contributed by atoms with E-state index < -0.39 is 10.0 Å². The van der Waals surface area contributed by atoms with Crippen molar-refractivity contribution in [2.75, 3.05) is 49.8 Å². The van der Waals surface area contributed by atoms with Gasteiger partial charge in [0, 0.05) is 38.3 Å². The third-order valence-corrected chi connectivity index (χ3v) is 6.09. The van der Waals surface area contributed by atoms with Crippen molar-refractivity contribution in [3.63, 3.8) is 0 Å². The van der Waals surface area contributed by atoms with E-state index in [1.54, 1.807) is 12.1 Å². The molecule has 7 heteroatoms. The first kappa shape index (κ1) is 17.2. The minimum Gasteiger partial charge on any atom is -0.336 e. The molecule has 0 radical (unpaired) electrons. The molecule has 2 aliphatic rings. The van der Waals surface area contributed by atoms with Crippen molar-refractivity contribution < 1.29 is 13.2 Å². The Hall–Kier alpha value is -1.60. The van der Waals surface area contributed by atoms with Gasteiger partial charge in [-0.05, 0) is 43.1 Å². The summed E-state index contributed by atoms with van der Waals surface area (Å²) in [6, 6.07) is 5.42. The molecule has 24 heavy (non-hydrogen) atoms. The zero-order valence-corrected chi connectivity index (χ0v) is 15.2. The van der Waals surface area contributed by atoms with E-state index in [2.05, 4.69) is 11.8 Å². The fraction of sp³-hybridized carbons (Fsp3) is 0.588. The van der Waals surface area contributed by atoms with Crippen LogP contribution in [-0.2, 0) is 16.4 Å². The first-order valence-corrected chi connectivity index (χ1v) is 10.4. The Morgan fingerprint density at radius 2 is 1.83 bits per heavy atom.